The van der Waals surface area contributed by atoms with Gasteiger partial charge < -0.3 is 14.8 Å². The van der Waals surface area contributed by atoms with Gasteiger partial charge in [-0.05, 0) is 25.1 Å². The molecule has 14 heteroatoms. The monoisotopic (exact) mass is 456 g/mol. The number of ether oxygens (including phenoxy) is 2. The Balaban J connectivity index is 3.19. The second kappa shape index (κ2) is 9.05. The van der Waals surface area contributed by atoms with E-state index < -0.39 is 43.3 Å². The molecule has 0 aromatic heterocycles. The van der Waals surface area contributed by atoms with Gasteiger partial charge in [0.25, 0.3) is 0 Å². The first-order valence-electron chi connectivity index (χ1n) is 7.20. The molecule has 0 fully saturated rings. The fourth-order valence-electron chi connectivity index (χ4n) is 1.73. The zero-order valence-corrected chi connectivity index (χ0v) is 15.3. The van der Waals surface area contributed by atoms with Gasteiger partial charge in [-0.3, -0.25) is 5.32 Å². The topological polar surface area (TPSA) is 76.7 Å². The number of urea groups is 1. The van der Waals surface area contributed by atoms with Crippen molar-refractivity contribution in [3.8, 4) is 0 Å². The zero-order valence-electron chi connectivity index (χ0n) is 13.8. The highest BCUT2D eigenvalue weighted by Gasteiger charge is 2.66. The van der Waals surface area contributed by atoms with E-state index >= 15 is 0 Å². The predicted molar refractivity (Wildman–Crippen MR) is 86.0 cm³/mol. The van der Waals surface area contributed by atoms with Crippen molar-refractivity contribution >= 4 is 40.9 Å². The summed E-state index contributed by atoms with van der Waals surface area (Å²) in [5.74, 6) is -2.28. The van der Waals surface area contributed by atoms with E-state index in [0.717, 1.165) is 24.4 Å². The number of carbonyl (C=O) groups is 2. The maximum atomic E-state index is 13.5. The number of esters is 1. The van der Waals surface area contributed by atoms with Crippen LogP contribution in [0.5, 0.6) is 0 Å². The number of hydrogen-bond donors (Lipinski definition) is 2. The third-order valence-corrected chi connectivity index (χ3v) is 3.62. The van der Waals surface area contributed by atoms with Crippen molar-refractivity contribution in [3.63, 3.8) is 0 Å². The van der Waals surface area contributed by atoms with Crippen LogP contribution in [0.4, 0.5) is 36.8 Å². The van der Waals surface area contributed by atoms with Crippen LogP contribution in [0.3, 0.4) is 0 Å². The number of anilines is 1. The molecule has 158 valence electrons. The number of alkyl halides is 6. The van der Waals surface area contributed by atoms with E-state index in [2.05, 4.69) is 9.47 Å². The Morgan fingerprint density at radius 3 is 2.14 bits per heavy atom. The third kappa shape index (κ3) is 6.31. The Hall–Kier alpha value is -1.92. The molecule has 28 heavy (non-hydrogen) atoms. The maximum Gasteiger partial charge on any atom is 0.448 e. The van der Waals surface area contributed by atoms with Crippen LogP contribution in [0.25, 0.3) is 0 Å². The highest BCUT2D eigenvalue weighted by Crippen LogP contribution is 2.35. The molecule has 2 amide bonds. The number of benzene rings is 1. The summed E-state index contributed by atoms with van der Waals surface area (Å²) < 4.78 is 85.5. The Labute approximate surface area is 164 Å². The number of halogens is 8. The Bertz CT molecular complexity index is 729. The summed E-state index contributed by atoms with van der Waals surface area (Å²) in [5.41, 5.74) is -4.57. The minimum Gasteiger partial charge on any atom is -0.462 e. The average Bonchev–Trinajstić information content (AvgIpc) is 2.53. The van der Waals surface area contributed by atoms with E-state index in [1.54, 1.807) is 0 Å². The number of carbonyl (C=O) groups excluding carboxylic acids is 2. The highest BCUT2D eigenvalue weighted by atomic mass is 35.5. The molecule has 0 aliphatic rings. The lowest BCUT2D eigenvalue weighted by atomic mass is 10.2. The normalized spacial score (nSPS) is 14.2. The second-order valence-corrected chi connectivity index (χ2v) is 5.83. The summed E-state index contributed by atoms with van der Waals surface area (Å²) in [6.45, 7) is -2.00. The molecule has 0 spiro atoms. The minimum absolute atomic E-state index is 0.0669. The van der Waals surface area contributed by atoms with Gasteiger partial charge in [0.15, 0.2) is 0 Å². The number of nitrogens with one attached hydrogen (secondary N) is 2. The summed E-state index contributed by atoms with van der Waals surface area (Å²) in [4.78, 5) is 23.7. The molecule has 0 aliphatic carbocycles. The highest BCUT2D eigenvalue weighted by molar-refractivity contribution is 6.42. The van der Waals surface area contributed by atoms with Crippen molar-refractivity contribution in [2.24, 2.45) is 0 Å². The van der Waals surface area contributed by atoms with Crippen LogP contribution in [0, 0.1) is 0 Å². The second-order valence-electron chi connectivity index (χ2n) is 5.01. The standard InChI is InChI=1S/C14H12Cl2F6N2O4/c1-2-27-10(25)13(14(20,21)22,28-6-12(17,18)19)24-11(26)23-7-3-4-8(15)9(16)5-7/h3-5H,2,6H2,1H3,(H2,23,24,26)/t13-/m1/s1. The summed E-state index contributed by atoms with van der Waals surface area (Å²) in [5, 5.41) is 2.93. The average molecular weight is 457 g/mol. The van der Waals surface area contributed by atoms with Gasteiger partial charge >= 0.3 is 30.1 Å². The summed E-state index contributed by atoms with van der Waals surface area (Å²) >= 11 is 11.3. The van der Waals surface area contributed by atoms with E-state index in [-0.39, 0.29) is 15.7 Å². The van der Waals surface area contributed by atoms with Gasteiger partial charge in [-0.2, -0.15) is 26.3 Å². The molecule has 6 nitrogen and oxygen atoms in total. The molecule has 0 bridgehead atoms. The van der Waals surface area contributed by atoms with Gasteiger partial charge in [0.05, 0.1) is 16.7 Å². The van der Waals surface area contributed by atoms with Crippen molar-refractivity contribution < 1.29 is 45.4 Å². The van der Waals surface area contributed by atoms with Crippen LogP contribution in [-0.4, -0.2) is 43.3 Å². The van der Waals surface area contributed by atoms with Crippen LogP contribution < -0.4 is 10.6 Å². The lowest BCUT2D eigenvalue weighted by molar-refractivity contribution is -0.305. The van der Waals surface area contributed by atoms with E-state index in [0.29, 0.717) is 0 Å². The molecular weight excluding hydrogens is 445 g/mol. The predicted octanol–water partition coefficient (Wildman–Crippen LogP) is 4.52. The van der Waals surface area contributed by atoms with Gasteiger partial charge in [0.1, 0.15) is 6.61 Å². The molecule has 0 radical (unpaired) electrons. The first-order chi connectivity index (χ1) is 12.7. The van der Waals surface area contributed by atoms with E-state index in [4.69, 9.17) is 23.2 Å². The Morgan fingerprint density at radius 1 is 1.07 bits per heavy atom. The van der Waals surface area contributed by atoms with Crippen LogP contribution in [0.2, 0.25) is 10.0 Å². The first-order valence-corrected chi connectivity index (χ1v) is 7.96. The van der Waals surface area contributed by atoms with Crippen molar-refractivity contribution in [2.45, 2.75) is 25.0 Å². The first kappa shape index (κ1) is 24.1. The molecule has 0 saturated carbocycles. The van der Waals surface area contributed by atoms with Crippen LogP contribution in [-0.2, 0) is 14.3 Å². The van der Waals surface area contributed by atoms with E-state index in [1.807, 2.05) is 5.32 Å². The third-order valence-electron chi connectivity index (χ3n) is 2.88. The lowest BCUT2D eigenvalue weighted by Gasteiger charge is -2.33. The maximum absolute atomic E-state index is 13.5. The number of rotatable bonds is 6. The number of amides is 2. The molecule has 1 atom stereocenters. The SMILES string of the molecule is CCOC(=O)[C@@](NC(=O)Nc1ccc(Cl)c(Cl)c1)(OCC(F)(F)F)C(F)(F)F. The minimum atomic E-state index is -5.79. The van der Waals surface area contributed by atoms with Gasteiger partial charge in [-0.15, -0.1) is 0 Å². The van der Waals surface area contributed by atoms with E-state index in [9.17, 15) is 35.9 Å². The number of hydrogen-bond acceptors (Lipinski definition) is 4. The molecule has 0 aliphatic heterocycles. The summed E-state index contributed by atoms with van der Waals surface area (Å²) in [6, 6.07) is 1.68. The van der Waals surface area contributed by atoms with Gasteiger partial charge in [0, 0.05) is 5.69 Å². The zero-order chi connectivity index (χ0) is 21.8. The molecule has 0 unspecified atom stereocenters. The van der Waals surface area contributed by atoms with Crippen LogP contribution in [0.1, 0.15) is 6.92 Å². The fraction of sp³-hybridized carbons (Fsp3) is 0.429. The molecule has 2 N–H and O–H groups in total. The van der Waals surface area contributed by atoms with Gasteiger partial charge in [0.2, 0.25) is 0 Å². The smallest absolute Gasteiger partial charge is 0.448 e. The molecule has 0 saturated heterocycles. The fourth-order valence-corrected chi connectivity index (χ4v) is 2.03. The molecular formula is C14H12Cl2F6N2O4. The van der Waals surface area contributed by atoms with Gasteiger partial charge in [-0.1, -0.05) is 23.2 Å². The quantitative estimate of drug-likeness (QED) is 0.375. The Kier molecular flexibility index (Phi) is 7.80. The molecule has 1 aromatic rings. The van der Waals surface area contributed by atoms with Crippen LogP contribution in [0.15, 0.2) is 18.2 Å². The van der Waals surface area contributed by atoms with Gasteiger partial charge in [-0.25, -0.2) is 9.59 Å². The van der Waals surface area contributed by atoms with Crippen molar-refractivity contribution in [1.29, 1.82) is 0 Å². The summed E-state index contributed by atoms with van der Waals surface area (Å²) in [7, 11) is 0. The van der Waals surface area contributed by atoms with Crippen LogP contribution >= 0.6 is 23.2 Å². The van der Waals surface area contributed by atoms with Crippen molar-refractivity contribution in [2.75, 3.05) is 18.5 Å². The molecule has 0 heterocycles. The van der Waals surface area contributed by atoms with Crippen molar-refractivity contribution in [3.05, 3.63) is 28.2 Å². The Morgan fingerprint density at radius 2 is 1.68 bits per heavy atom. The van der Waals surface area contributed by atoms with Crippen molar-refractivity contribution in [1.82, 2.24) is 5.32 Å². The lowest BCUT2D eigenvalue weighted by Crippen LogP contribution is -2.67. The summed E-state index contributed by atoms with van der Waals surface area (Å²) in [6.07, 6.45) is -11.0. The van der Waals surface area contributed by atoms with E-state index in [1.165, 1.54) is 6.07 Å². The molecule has 1 rings (SSSR count). The molecule has 1 aromatic carbocycles. The largest absolute Gasteiger partial charge is 0.462 e.